The smallest absolute Gasteiger partial charge is 0.410 e. The molecular weight excluding hydrogens is 781 g/mol. The number of Topliss-reactive ketones (excluding diaryl/α,β-unsaturated/α-hetero) is 2. The van der Waals surface area contributed by atoms with Gasteiger partial charge in [-0.3, -0.25) is 19.5 Å². The van der Waals surface area contributed by atoms with Crippen LogP contribution in [-0.2, 0) is 19.1 Å². The monoisotopic (exact) mass is 835 g/mol. The van der Waals surface area contributed by atoms with Crippen molar-refractivity contribution in [3.8, 4) is 22.5 Å². The zero-order chi connectivity index (χ0) is 41.3. The van der Waals surface area contributed by atoms with Gasteiger partial charge in [0.05, 0.1) is 11.0 Å². The Bertz CT molecular complexity index is 1670. The molecule has 0 atom stereocenters. The highest BCUT2D eigenvalue weighted by Crippen LogP contribution is 2.39. The topological polar surface area (TPSA) is 171 Å². The fraction of sp³-hybridized carbons (Fsp3) is 0.575. The molecule has 3 N–H and O–H groups in total. The van der Waals surface area contributed by atoms with Gasteiger partial charge in [-0.15, -0.1) is 23.2 Å². The molecule has 3 fully saturated rings. The summed E-state index contributed by atoms with van der Waals surface area (Å²) in [5, 5.41) is 21.0. The van der Waals surface area contributed by atoms with Crippen LogP contribution in [0.15, 0.2) is 42.9 Å². The molecule has 3 aromatic rings. The van der Waals surface area contributed by atoms with E-state index in [9.17, 15) is 19.2 Å². The summed E-state index contributed by atoms with van der Waals surface area (Å²) < 4.78 is 5.27. The molecule has 6 rings (SSSR count). The van der Waals surface area contributed by atoms with E-state index in [0.717, 1.165) is 79.8 Å². The molecule has 2 amide bonds. The Morgan fingerprint density at radius 1 is 0.857 bits per heavy atom. The van der Waals surface area contributed by atoms with E-state index in [2.05, 4.69) is 25.5 Å². The normalized spacial score (nSPS) is 16.6. The molecule has 13 nitrogen and oxygen atoms in total. The predicted molar refractivity (Wildman–Crippen MR) is 220 cm³/mol. The number of nitrogens with zero attached hydrogens (tertiary/aromatic N) is 5. The molecule has 5 heterocycles. The molecule has 0 spiro atoms. The molecule has 0 saturated carbocycles. The summed E-state index contributed by atoms with van der Waals surface area (Å²) in [6.45, 7) is 12.9. The number of likely N-dealkylation sites (tertiary alicyclic amines) is 2. The second-order valence-corrected chi connectivity index (χ2v) is 16.1. The van der Waals surface area contributed by atoms with Gasteiger partial charge in [0.15, 0.2) is 0 Å². The van der Waals surface area contributed by atoms with Crippen LogP contribution in [0.3, 0.4) is 0 Å². The van der Waals surface area contributed by atoms with E-state index in [-0.39, 0.29) is 35.0 Å². The minimum absolute atomic E-state index is 0.124. The van der Waals surface area contributed by atoms with Crippen LogP contribution in [0.1, 0.15) is 84.8 Å². The molecule has 3 saturated heterocycles. The number of piperidine rings is 3. The summed E-state index contributed by atoms with van der Waals surface area (Å²) in [5.41, 5.74) is 4.09. The van der Waals surface area contributed by atoms with Crippen molar-refractivity contribution in [1.82, 2.24) is 35.3 Å². The van der Waals surface area contributed by atoms with Gasteiger partial charge in [0.1, 0.15) is 35.8 Å². The molecule has 0 aliphatic carbocycles. The number of carbonyl (C=O) groups excluding carboxylic acids is 4. The predicted octanol–water partition coefficient (Wildman–Crippen LogP) is 7.10. The number of aliphatic hydroxyl groups excluding tert-OH is 1. The van der Waals surface area contributed by atoms with Crippen molar-refractivity contribution in [2.75, 3.05) is 51.2 Å². The maximum atomic E-state index is 11.7. The van der Waals surface area contributed by atoms with E-state index in [1.54, 1.807) is 29.8 Å². The lowest BCUT2D eigenvalue weighted by molar-refractivity contribution is -0.135. The number of alkyl halides is 2. The lowest BCUT2D eigenvalue weighted by atomic mass is 9.89. The van der Waals surface area contributed by atoms with Gasteiger partial charge in [-0.25, -0.2) is 14.8 Å². The van der Waals surface area contributed by atoms with Crippen LogP contribution in [0.5, 0.6) is 0 Å². The number of halogens is 3. The number of aliphatic hydroxyl groups is 1. The van der Waals surface area contributed by atoms with Gasteiger partial charge in [-0.2, -0.15) is 5.10 Å². The second-order valence-electron chi connectivity index (χ2n) is 14.9. The van der Waals surface area contributed by atoms with E-state index < -0.39 is 12.2 Å². The van der Waals surface area contributed by atoms with Crippen molar-refractivity contribution in [3.63, 3.8) is 0 Å². The number of carbonyl (C=O) groups is 4. The van der Waals surface area contributed by atoms with Gasteiger partial charge in [-0.05, 0) is 104 Å². The highest BCUT2D eigenvalue weighted by Gasteiger charge is 2.30. The minimum atomic E-state index is -0.450. The highest BCUT2D eigenvalue weighted by molar-refractivity contribution is 6.40. The van der Waals surface area contributed by atoms with E-state index >= 15 is 0 Å². The van der Waals surface area contributed by atoms with E-state index in [1.165, 1.54) is 6.33 Å². The maximum absolute atomic E-state index is 11.7. The number of H-pyrrole nitrogens is 1. The summed E-state index contributed by atoms with van der Waals surface area (Å²) in [7, 11) is 0. The highest BCUT2D eigenvalue weighted by atomic mass is 35.5. The number of ether oxygens (including phenoxy) is 1. The Labute approximate surface area is 345 Å². The minimum Gasteiger partial charge on any atom is -0.444 e. The largest absolute Gasteiger partial charge is 0.444 e. The van der Waals surface area contributed by atoms with Gasteiger partial charge < -0.3 is 25.0 Å². The lowest BCUT2D eigenvalue weighted by Crippen LogP contribution is -2.42. The number of ketones is 2. The van der Waals surface area contributed by atoms with Crippen LogP contribution in [0.25, 0.3) is 22.5 Å². The Hall–Kier alpha value is -3.62. The first-order valence-electron chi connectivity index (χ1n) is 19.0. The van der Waals surface area contributed by atoms with Crippen molar-refractivity contribution in [1.29, 1.82) is 0 Å². The van der Waals surface area contributed by atoms with E-state index in [1.807, 2.05) is 51.1 Å². The first-order chi connectivity index (χ1) is 26.7. The van der Waals surface area contributed by atoms with Crippen molar-refractivity contribution >= 4 is 58.4 Å². The first kappa shape index (κ1) is 46.8. The average molecular weight is 837 g/mol. The van der Waals surface area contributed by atoms with Crippen molar-refractivity contribution < 1.29 is 29.0 Å². The molecule has 56 heavy (non-hydrogen) atoms. The summed E-state index contributed by atoms with van der Waals surface area (Å²) in [5.74, 6) is 1.06. The summed E-state index contributed by atoms with van der Waals surface area (Å²) in [4.78, 5) is 57.2. The third-order valence-electron chi connectivity index (χ3n) is 9.78. The van der Waals surface area contributed by atoms with Gasteiger partial charge >= 0.3 is 6.09 Å². The zero-order valence-corrected chi connectivity index (χ0v) is 35.3. The molecular formula is C40H56Cl3N7O6. The number of nitrogens with one attached hydrogen (secondary N) is 2. The Kier molecular flexibility index (Phi) is 19.7. The number of amides is 2. The van der Waals surface area contributed by atoms with Crippen LogP contribution < -0.4 is 5.32 Å². The summed E-state index contributed by atoms with van der Waals surface area (Å²) in [6, 6.07) is 9.44. The number of aromatic nitrogens is 4. The van der Waals surface area contributed by atoms with Crippen LogP contribution in [0.4, 0.5) is 4.79 Å². The molecule has 308 valence electrons. The molecule has 1 aromatic carbocycles. The SMILES string of the molecule is CC(=O)C1CCN(C(=O)OC(C)(C)C)CC1.CC(=O)C1CCNCC1.ClCCl.O=C(CO)N1CCC(c2[nH]nc(-c3ccc(Cl)cc3)c2-c2ccncn2)CC1. The molecule has 3 aliphatic heterocycles. The van der Waals surface area contributed by atoms with Gasteiger partial charge in [0.2, 0.25) is 5.91 Å². The fourth-order valence-corrected chi connectivity index (χ4v) is 6.83. The molecule has 0 unspecified atom stereocenters. The molecule has 2 aromatic heterocycles. The van der Waals surface area contributed by atoms with E-state index in [0.29, 0.717) is 42.9 Å². The number of benzene rings is 1. The van der Waals surface area contributed by atoms with Crippen LogP contribution >= 0.6 is 34.8 Å². The van der Waals surface area contributed by atoms with E-state index in [4.69, 9.17) is 44.6 Å². The summed E-state index contributed by atoms with van der Waals surface area (Å²) in [6.07, 6.45) is 8.16. The quantitative estimate of drug-likeness (QED) is 0.218. The van der Waals surface area contributed by atoms with Crippen molar-refractivity contribution in [3.05, 3.63) is 53.6 Å². The van der Waals surface area contributed by atoms with Gasteiger partial charge in [0, 0.05) is 72.0 Å². The molecule has 16 heteroatoms. The lowest BCUT2D eigenvalue weighted by Gasteiger charge is -2.32. The Balaban J connectivity index is 0.000000252. The first-order valence-corrected chi connectivity index (χ1v) is 20.4. The zero-order valence-electron chi connectivity index (χ0n) is 33.0. The van der Waals surface area contributed by atoms with Crippen LogP contribution in [0.2, 0.25) is 5.02 Å². The number of hydrogen-bond donors (Lipinski definition) is 3. The Morgan fingerprint density at radius 3 is 1.89 bits per heavy atom. The van der Waals surface area contributed by atoms with Gasteiger partial charge in [0.25, 0.3) is 0 Å². The third-order valence-corrected chi connectivity index (χ3v) is 10.0. The molecule has 0 radical (unpaired) electrons. The average Bonchev–Trinajstić information content (AvgIpc) is 3.64. The van der Waals surface area contributed by atoms with Gasteiger partial charge in [-0.1, -0.05) is 23.7 Å². The van der Waals surface area contributed by atoms with Crippen molar-refractivity contribution in [2.45, 2.75) is 84.7 Å². The Morgan fingerprint density at radius 2 is 1.41 bits per heavy atom. The van der Waals surface area contributed by atoms with Crippen molar-refractivity contribution in [2.24, 2.45) is 11.8 Å². The molecule has 3 aliphatic rings. The third kappa shape index (κ3) is 15.0. The number of rotatable bonds is 6. The fourth-order valence-electron chi connectivity index (χ4n) is 6.71. The second kappa shape index (κ2) is 23.6. The van der Waals surface area contributed by atoms with Crippen LogP contribution in [-0.4, -0.2) is 115 Å². The number of hydrogen-bond acceptors (Lipinski definition) is 10. The van der Waals surface area contributed by atoms with Crippen LogP contribution in [0, 0.1) is 11.8 Å². The molecule has 0 bridgehead atoms. The summed E-state index contributed by atoms with van der Waals surface area (Å²) >= 11 is 15.6. The standard InChI is InChI=1S/C20H20ClN5O2.C12H21NO3.C7H13NO.CH2Cl2/c21-15-3-1-13(2-4-15)19-18(16-5-8-22-12-23-16)20(25-24-19)14-6-9-26(10-7-14)17(28)11-27;1-9(14)10-5-7-13(8-6-10)11(15)16-12(2,3)4;1-6(9)7-2-4-8-5-3-7;2-1-3/h1-5,8,12,14,27H,6-7,9-11H2,(H,24,25);10H,5-8H2,1-4H3;7-8H,2-5H2,1H3;1H2. The maximum Gasteiger partial charge on any atom is 0.410 e. The number of aromatic amines is 1.